The molecule has 4 aromatic rings. The summed E-state index contributed by atoms with van der Waals surface area (Å²) in [5, 5.41) is 22.5. The van der Waals surface area contributed by atoms with Crippen LogP contribution in [0.2, 0.25) is 0 Å². The lowest BCUT2D eigenvalue weighted by molar-refractivity contribution is 0.203. The Morgan fingerprint density at radius 1 is 1.18 bits per heavy atom. The summed E-state index contributed by atoms with van der Waals surface area (Å²) in [7, 11) is 1.45. The van der Waals surface area contributed by atoms with E-state index in [-0.39, 0.29) is 11.5 Å². The minimum Gasteiger partial charge on any atom is -0.465 e. The molecule has 1 N–H and O–H groups in total. The van der Waals surface area contributed by atoms with Gasteiger partial charge in [-0.2, -0.15) is 5.26 Å². The molecule has 0 aliphatic rings. The second kappa shape index (κ2) is 8.88. The maximum atomic E-state index is 13.6. The van der Waals surface area contributed by atoms with E-state index in [4.69, 9.17) is 5.26 Å². The van der Waals surface area contributed by atoms with Gasteiger partial charge in [-0.15, -0.1) is 11.3 Å². The van der Waals surface area contributed by atoms with Crippen LogP contribution in [0.5, 0.6) is 0 Å². The molecule has 0 fully saturated rings. The van der Waals surface area contributed by atoms with Crippen molar-refractivity contribution in [1.29, 1.82) is 5.26 Å². The molecule has 4 rings (SSSR count). The topological polar surface area (TPSA) is 99.2 Å². The molecule has 0 unspecified atom stereocenters. The highest BCUT2D eigenvalue weighted by Gasteiger charge is 2.25. The lowest BCUT2D eigenvalue weighted by atomic mass is 9.97. The molecule has 2 heterocycles. The van der Waals surface area contributed by atoms with Crippen molar-refractivity contribution in [2.75, 3.05) is 11.9 Å². The third kappa shape index (κ3) is 4.11. The standard InChI is InChI=1S/C25H22N4O3S/c1-15(2)13-29-23(28(3)25(31)32)21(16-7-5-4-6-8-16)20-11-17(9-10-19(20)24(29)30)22-27-18(12-26)14-33-22/h4-11,14-15H,13H2,1-3H3,(H,31,32). The average Bonchev–Trinajstić information content (AvgIpc) is 3.29. The number of carbonyl (C=O) groups is 1. The van der Waals surface area contributed by atoms with Crippen molar-refractivity contribution >= 4 is 34.0 Å². The molecule has 0 aliphatic heterocycles. The summed E-state index contributed by atoms with van der Waals surface area (Å²) in [6.45, 7) is 4.35. The number of thiazole rings is 1. The van der Waals surface area contributed by atoms with Crippen molar-refractivity contribution in [2.45, 2.75) is 20.4 Å². The first-order chi connectivity index (χ1) is 15.8. The molecule has 0 bridgehead atoms. The van der Waals surface area contributed by atoms with Gasteiger partial charge >= 0.3 is 6.09 Å². The molecule has 0 saturated carbocycles. The molecule has 0 radical (unpaired) electrons. The number of anilines is 1. The molecule has 2 aromatic heterocycles. The van der Waals surface area contributed by atoms with Gasteiger partial charge in [-0.25, -0.2) is 9.78 Å². The van der Waals surface area contributed by atoms with Crippen molar-refractivity contribution in [1.82, 2.24) is 9.55 Å². The third-order valence-electron chi connectivity index (χ3n) is 5.32. The summed E-state index contributed by atoms with van der Waals surface area (Å²) in [5.41, 5.74) is 2.31. The number of carboxylic acid groups (broad SMARTS) is 1. The number of amides is 1. The van der Waals surface area contributed by atoms with Gasteiger partial charge in [-0.1, -0.05) is 50.2 Å². The Kier molecular flexibility index (Phi) is 5.99. The SMILES string of the molecule is CC(C)Cn1c(N(C)C(=O)O)c(-c2ccccc2)c2cc(-c3nc(C#N)cs3)ccc2c1=O. The summed E-state index contributed by atoms with van der Waals surface area (Å²) in [4.78, 5) is 31.1. The van der Waals surface area contributed by atoms with Crippen LogP contribution in [-0.4, -0.2) is 27.8 Å². The normalized spacial score (nSPS) is 11.0. The molecule has 33 heavy (non-hydrogen) atoms. The highest BCUT2D eigenvalue weighted by atomic mass is 32.1. The summed E-state index contributed by atoms with van der Waals surface area (Å²) >= 11 is 1.35. The van der Waals surface area contributed by atoms with E-state index in [1.165, 1.54) is 18.4 Å². The zero-order valence-electron chi connectivity index (χ0n) is 18.4. The third-order valence-corrected chi connectivity index (χ3v) is 6.22. The van der Waals surface area contributed by atoms with E-state index in [0.717, 1.165) is 16.0 Å². The summed E-state index contributed by atoms with van der Waals surface area (Å²) in [5.74, 6) is 0.456. The molecular weight excluding hydrogens is 436 g/mol. The average molecular weight is 459 g/mol. The first-order valence-electron chi connectivity index (χ1n) is 10.4. The zero-order chi connectivity index (χ0) is 23.7. The largest absolute Gasteiger partial charge is 0.465 e. The van der Waals surface area contributed by atoms with Crippen molar-refractivity contribution in [2.24, 2.45) is 5.92 Å². The van der Waals surface area contributed by atoms with Crippen molar-refractivity contribution < 1.29 is 9.90 Å². The molecule has 166 valence electrons. The number of pyridine rings is 1. The predicted octanol–water partition coefficient (Wildman–Crippen LogP) is 5.43. The number of benzene rings is 2. The van der Waals surface area contributed by atoms with E-state index < -0.39 is 6.09 Å². The van der Waals surface area contributed by atoms with E-state index in [1.54, 1.807) is 16.0 Å². The fourth-order valence-corrected chi connectivity index (χ4v) is 4.63. The lowest BCUT2D eigenvalue weighted by Gasteiger charge is -2.26. The molecule has 1 amide bonds. The monoisotopic (exact) mass is 458 g/mol. The van der Waals surface area contributed by atoms with Crippen LogP contribution in [0.1, 0.15) is 19.5 Å². The van der Waals surface area contributed by atoms with Crippen molar-refractivity contribution in [3.05, 3.63) is 70.0 Å². The van der Waals surface area contributed by atoms with Crippen LogP contribution in [0, 0.1) is 17.2 Å². The fourth-order valence-electron chi connectivity index (χ4n) is 3.89. The highest BCUT2D eigenvalue weighted by Crippen LogP contribution is 2.38. The lowest BCUT2D eigenvalue weighted by Crippen LogP contribution is -2.34. The van der Waals surface area contributed by atoms with Gasteiger partial charge in [0.1, 0.15) is 16.9 Å². The maximum absolute atomic E-state index is 13.6. The first kappa shape index (κ1) is 22.2. The Bertz CT molecular complexity index is 1450. The van der Waals surface area contributed by atoms with Gasteiger partial charge in [0.25, 0.3) is 5.56 Å². The summed E-state index contributed by atoms with van der Waals surface area (Å²) in [6, 6.07) is 16.9. The molecular formula is C25H22N4O3S. The second-order valence-corrected chi connectivity index (χ2v) is 8.98. The molecule has 0 saturated heterocycles. The Labute approximate surface area is 194 Å². The van der Waals surface area contributed by atoms with Gasteiger partial charge in [0.15, 0.2) is 5.69 Å². The van der Waals surface area contributed by atoms with Gasteiger partial charge in [-0.3, -0.25) is 14.3 Å². The van der Waals surface area contributed by atoms with Crippen molar-refractivity contribution in [3.63, 3.8) is 0 Å². The number of nitrogens with zero attached hydrogens (tertiary/aromatic N) is 4. The van der Waals surface area contributed by atoms with E-state index in [0.29, 0.717) is 39.4 Å². The van der Waals surface area contributed by atoms with Crippen molar-refractivity contribution in [3.8, 4) is 27.8 Å². The molecule has 0 spiro atoms. The number of rotatable bonds is 5. The quantitative estimate of drug-likeness (QED) is 0.430. The second-order valence-electron chi connectivity index (χ2n) is 8.13. The van der Waals surface area contributed by atoms with Crippen LogP contribution in [-0.2, 0) is 6.54 Å². The Morgan fingerprint density at radius 3 is 2.52 bits per heavy atom. The van der Waals surface area contributed by atoms with Crippen LogP contribution in [0.3, 0.4) is 0 Å². The molecule has 0 atom stereocenters. The summed E-state index contributed by atoms with van der Waals surface area (Å²) in [6.07, 6.45) is -1.15. The summed E-state index contributed by atoms with van der Waals surface area (Å²) < 4.78 is 1.56. The number of hydrogen-bond acceptors (Lipinski definition) is 5. The fraction of sp³-hybridized carbons (Fsp3) is 0.200. The van der Waals surface area contributed by atoms with Gasteiger partial charge in [-0.05, 0) is 29.0 Å². The smallest absolute Gasteiger partial charge is 0.412 e. The minimum atomic E-state index is -1.15. The van der Waals surface area contributed by atoms with E-state index in [1.807, 2.05) is 62.4 Å². The van der Waals surface area contributed by atoms with E-state index in [2.05, 4.69) is 4.98 Å². The first-order valence-corrected chi connectivity index (χ1v) is 11.3. The number of fused-ring (bicyclic) bond motifs is 1. The Morgan fingerprint density at radius 2 is 1.91 bits per heavy atom. The van der Waals surface area contributed by atoms with Crippen LogP contribution >= 0.6 is 11.3 Å². The highest BCUT2D eigenvalue weighted by molar-refractivity contribution is 7.13. The predicted molar refractivity (Wildman–Crippen MR) is 131 cm³/mol. The van der Waals surface area contributed by atoms with E-state index in [9.17, 15) is 14.7 Å². The van der Waals surface area contributed by atoms with Crippen LogP contribution < -0.4 is 10.5 Å². The van der Waals surface area contributed by atoms with Gasteiger partial charge < -0.3 is 5.11 Å². The molecule has 7 nitrogen and oxygen atoms in total. The number of hydrogen-bond donors (Lipinski definition) is 1. The van der Waals surface area contributed by atoms with Gasteiger partial charge in [0, 0.05) is 35.5 Å². The van der Waals surface area contributed by atoms with Crippen LogP contribution in [0.4, 0.5) is 10.6 Å². The van der Waals surface area contributed by atoms with Crippen LogP contribution in [0.25, 0.3) is 32.5 Å². The van der Waals surface area contributed by atoms with Gasteiger partial charge in [0.05, 0.1) is 0 Å². The van der Waals surface area contributed by atoms with Crippen LogP contribution in [0.15, 0.2) is 58.7 Å². The molecule has 8 heteroatoms. The zero-order valence-corrected chi connectivity index (χ0v) is 19.3. The maximum Gasteiger partial charge on any atom is 0.412 e. The minimum absolute atomic E-state index is 0.128. The number of aromatic nitrogens is 2. The van der Waals surface area contributed by atoms with E-state index >= 15 is 0 Å². The molecule has 0 aliphatic carbocycles. The number of nitriles is 1. The Balaban J connectivity index is 2.15. The van der Waals surface area contributed by atoms with Gasteiger partial charge in [0.2, 0.25) is 0 Å². The molecule has 2 aromatic carbocycles. The Hall–Kier alpha value is -3.96.